The van der Waals surface area contributed by atoms with Crippen molar-refractivity contribution in [2.45, 2.75) is 136 Å². The highest BCUT2D eigenvalue weighted by atomic mass is 16.5. The number of carbonyl (C=O) groups is 1. The molecule has 0 spiro atoms. The van der Waals surface area contributed by atoms with Gasteiger partial charge in [0, 0.05) is 39.3 Å². The highest BCUT2D eigenvalue weighted by molar-refractivity contribution is 5.75. The summed E-state index contributed by atoms with van der Waals surface area (Å²) in [4.78, 5) is 14.2. The molecule has 0 fully saturated rings. The van der Waals surface area contributed by atoms with E-state index >= 15 is 0 Å². The molecule has 0 saturated carbocycles. The van der Waals surface area contributed by atoms with Gasteiger partial charge >= 0.3 is 0 Å². The third-order valence-corrected chi connectivity index (χ3v) is 6.57. The third kappa shape index (κ3) is 26.2. The van der Waals surface area contributed by atoms with E-state index in [9.17, 15) is 15.0 Å². The second kappa shape index (κ2) is 27.9. The quantitative estimate of drug-likeness (QED) is 0.118. The molecular weight excluding hydrogens is 440 g/mol. The van der Waals surface area contributed by atoms with Crippen LogP contribution in [-0.4, -0.2) is 73.1 Å². The summed E-state index contributed by atoms with van der Waals surface area (Å²) < 4.78 is 5.77. The van der Waals surface area contributed by atoms with Gasteiger partial charge in [-0.1, -0.05) is 97.3 Å². The minimum atomic E-state index is -0.722. The first-order chi connectivity index (χ1) is 17.1. The molecular formula is C29H60N2O4. The fourth-order valence-electron chi connectivity index (χ4n) is 4.34. The Morgan fingerprint density at radius 3 is 1.86 bits per heavy atom. The van der Waals surface area contributed by atoms with Crippen molar-refractivity contribution in [1.29, 1.82) is 0 Å². The minimum absolute atomic E-state index is 0.151. The molecule has 0 heterocycles. The summed E-state index contributed by atoms with van der Waals surface area (Å²) in [6, 6.07) is 0. The van der Waals surface area contributed by atoms with Crippen LogP contribution in [0.5, 0.6) is 0 Å². The van der Waals surface area contributed by atoms with Gasteiger partial charge in [-0.05, 0) is 32.2 Å². The van der Waals surface area contributed by atoms with Gasteiger partial charge in [0.25, 0.3) is 0 Å². The molecule has 0 aromatic rings. The molecule has 6 nitrogen and oxygen atoms in total. The van der Waals surface area contributed by atoms with E-state index < -0.39 is 6.10 Å². The molecule has 0 aliphatic rings. The van der Waals surface area contributed by atoms with E-state index in [2.05, 4.69) is 24.1 Å². The Kier molecular flexibility index (Phi) is 27.3. The van der Waals surface area contributed by atoms with Crippen molar-refractivity contribution >= 4 is 5.91 Å². The zero-order valence-corrected chi connectivity index (χ0v) is 23.4. The molecule has 0 aromatic heterocycles. The average Bonchev–Trinajstić information content (AvgIpc) is 2.86. The maximum absolute atomic E-state index is 12.1. The fraction of sp³-hybridized carbons (Fsp3) is 0.966. The first-order valence-electron chi connectivity index (χ1n) is 15.0. The Bertz CT molecular complexity index is 437. The number of nitrogens with one attached hydrogen (secondary N) is 1. The summed E-state index contributed by atoms with van der Waals surface area (Å²) in [6.45, 7) is 8.58. The lowest BCUT2D eigenvalue weighted by atomic mass is 10.1. The van der Waals surface area contributed by atoms with Crippen molar-refractivity contribution < 1.29 is 19.7 Å². The lowest BCUT2D eigenvalue weighted by Gasteiger charge is -2.24. The Morgan fingerprint density at radius 1 is 0.743 bits per heavy atom. The zero-order chi connectivity index (χ0) is 25.8. The number of ether oxygens (including phenoxy) is 1. The second-order valence-electron chi connectivity index (χ2n) is 10.2. The van der Waals surface area contributed by atoms with E-state index in [1.165, 1.54) is 77.0 Å². The molecule has 0 radical (unpaired) electrons. The van der Waals surface area contributed by atoms with Crippen LogP contribution in [0.15, 0.2) is 0 Å². The smallest absolute Gasteiger partial charge is 0.219 e. The van der Waals surface area contributed by atoms with Crippen molar-refractivity contribution in [3.8, 4) is 0 Å². The summed E-state index contributed by atoms with van der Waals surface area (Å²) in [6.07, 6.45) is 20.7. The summed E-state index contributed by atoms with van der Waals surface area (Å²) in [7, 11) is 0. The average molecular weight is 501 g/mol. The highest BCUT2D eigenvalue weighted by Gasteiger charge is 2.11. The van der Waals surface area contributed by atoms with Crippen LogP contribution < -0.4 is 5.32 Å². The molecule has 6 heteroatoms. The maximum atomic E-state index is 12.1. The number of carbonyl (C=O) groups excluding carboxylic acids is 1. The van der Waals surface area contributed by atoms with Crippen molar-refractivity contribution in [3.63, 3.8) is 0 Å². The van der Waals surface area contributed by atoms with Gasteiger partial charge in [-0.2, -0.15) is 0 Å². The number of rotatable bonds is 28. The van der Waals surface area contributed by atoms with Crippen molar-refractivity contribution in [2.24, 2.45) is 0 Å². The number of hydrogen-bond acceptors (Lipinski definition) is 5. The Hall–Kier alpha value is -0.690. The second-order valence-corrected chi connectivity index (χ2v) is 10.2. The topological polar surface area (TPSA) is 82.0 Å². The van der Waals surface area contributed by atoms with Crippen LogP contribution in [-0.2, 0) is 9.53 Å². The summed E-state index contributed by atoms with van der Waals surface area (Å²) in [5.74, 6) is 0.151. The molecule has 0 aliphatic carbocycles. The molecule has 1 atom stereocenters. The van der Waals surface area contributed by atoms with Gasteiger partial charge in [0.2, 0.25) is 5.91 Å². The number of nitrogens with zero attached hydrogens (tertiary/aromatic N) is 1. The highest BCUT2D eigenvalue weighted by Crippen LogP contribution is 2.10. The molecule has 0 saturated heterocycles. The zero-order valence-electron chi connectivity index (χ0n) is 23.4. The van der Waals surface area contributed by atoms with E-state index in [-0.39, 0.29) is 12.5 Å². The van der Waals surface area contributed by atoms with Crippen molar-refractivity contribution in [2.75, 3.05) is 46.0 Å². The first-order valence-corrected chi connectivity index (χ1v) is 15.0. The van der Waals surface area contributed by atoms with E-state index in [1.807, 2.05) is 0 Å². The lowest BCUT2D eigenvalue weighted by molar-refractivity contribution is -0.121. The van der Waals surface area contributed by atoms with Gasteiger partial charge in [-0.25, -0.2) is 0 Å². The Balaban J connectivity index is 3.76. The molecule has 3 N–H and O–H groups in total. The van der Waals surface area contributed by atoms with Crippen LogP contribution in [0, 0.1) is 0 Å². The van der Waals surface area contributed by atoms with E-state index in [0.29, 0.717) is 19.5 Å². The standard InChI is InChI=1S/C29H60N2O4/c1-3-5-7-9-11-12-13-14-16-20-29(34)30-21-18-22-31(26-28(33)27-32)23-19-25-35-24-17-15-10-8-6-4-2/h28,32-33H,3-27H2,1-2H3,(H,30,34). The molecule has 1 amide bonds. The summed E-state index contributed by atoms with van der Waals surface area (Å²) in [5, 5.41) is 22.1. The van der Waals surface area contributed by atoms with Gasteiger partial charge in [-0.15, -0.1) is 0 Å². The fourth-order valence-corrected chi connectivity index (χ4v) is 4.34. The largest absolute Gasteiger partial charge is 0.394 e. The predicted molar refractivity (Wildman–Crippen MR) is 148 cm³/mol. The van der Waals surface area contributed by atoms with Crippen LogP contribution in [0.2, 0.25) is 0 Å². The monoisotopic (exact) mass is 500 g/mol. The van der Waals surface area contributed by atoms with E-state index in [0.717, 1.165) is 58.4 Å². The van der Waals surface area contributed by atoms with Gasteiger partial charge in [-0.3, -0.25) is 4.79 Å². The maximum Gasteiger partial charge on any atom is 0.219 e. The number of unbranched alkanes of at least 4 members (excludes halogenated alkanes) is 13. The van der Waals surface area contributed by atoms with Crippen LogP contribution in [0.4, 0.5) is 0 Å². The van der Waals surface area contributed by atoms with Gasteiger partial charge in [0.15, 0.2) is 0 Å². The van der Waals surface area contributed by atoms with Crippen molar-refractivity contribution in [1.82, 2.24) is 10.2 Å². The number of aliphatic hydroxyl groups excluding tert-OH is 2. The van der Waals surface area contributed by atoms with Crippen molar-refractivity contribution in [3.05, 3.63) is 0 Å². The van der Waals surface area contributed by atoms with Gasteiger partial charge in [0.05, 0.1) is 12.7 Å². The molecule has 0 aliphatic heterocycles. The Morgan fingerprint density at radius 2 is 1.26 bits per heavy atom. The van der Waals surface area contributed by atoms with Crippen LogP contribution in [0.3, 0.4) is 0 Å². The predicted octanol–water partition coefficient (Wildman–Crippen LogP) is 5.84. The van der Waals surface area contributed by atoms with Crippen LogP contribution in [0.25, 0.3) is 0 Å². The molecule has 210 valence electrons. The lowest BCUT2D eigenvalue weighted by Crippen LogP contribution is -2.37. The van der Waals surface area contributed by atoms with E-state index in [4.69, 9.17) is 4.74 Å². The van der Waals surface area contributed by atoms with Gasteiger partial charge < -0.3 is 25.2 Å². The Labute approximate surface area is 217 Å². The molecule has 0 aromatic carbocycles. The number of hydrogen-bond donors (Lipinski definition) is 3. The number of aliphatic hydroxyl groups is 2. The normalized spacial score (nSPS) is 12.4. The summed E-state index contributed by atoms with van der Waals surface area (Å²) in [5.41, 5.74) is 0. The third-order valence-electron chi connectivity index (χ3n) is 6.57. The van der Waals surface area contributed by atoms with Crippen LogP contribution >= 0.6 is 0 Å². The molecule has 1 unspecified atom stereocenters. The van der Waals surface area contributed by atoms with E-state index in [1.54, 1.807) is 0 Å². The number of amides is 1. The minimum Gasteiger partial charge on any atom is -0.394 e. The van der Waals surface area contributed by atoms with Crippen LogP contribution in [0.1, 0.15) is 129 Å². The molecule has 0 bridgehead atoms. The SMILES string of the molecule is CCCCCCCCCCCC(=O)NCCCN(CCCOCCCCCCCC)CC(O)CO. The first kappa shape index (κ1) is 34.3. The molecule has 35 heavy (non-hydrogen) atoms. The van der Waals surface area contributed by atoms with Gasteiger partial charge in [0.1, 0.15) is 0 Å². The molecule has 0 rings (SSSR count). The summed E-state index contributed by atoms with van der Waals surface area (Å²) >= 11 is 0.